The third-order valence-corrected chi connectivity index (χ3v) is 5.98. The number of fused-ring (bicyclic) bond motifs is 2. The summed E-state index contributed by atoms with van der Waals surface area (Å²) in [7, 11) is 0. The standard InChI is InChI=1S/C10H11BrN5O6PS/c11-9-13-3-6(14-10(12)15-7(3)18)16(9)8-4(17)5-2(21-8)1-20-23(19,24)22-5/h2-5,8,17H,1H2,(H,19,24)(H2,12,15,18)/p-1/t2-,3?,4-,5-,8-,23?/m1/s1. The number of aliphatic hydroxyl groups excluding tert-OH is 1. The van der Waals surface area contributed by atoms with Gasteiger partial charge in [-0.15, -0.1) is 0 Å². The van der Waals surface area contributed by atoms with Crippen molar-refractivity contribution in [3.63, 3.8) is 0 Å². The molecule has 4 aliphatic rings. The van der Waals surface area contributed by atoms with Gasteiger partial charge in [0, 0.05) is 0 Å². The van der Waals surface area contributed by atoms with E-state index in [1.54, 1.807) is 0 Å². The molecule has 0 radical (unpaired) electrons. The predicted octanol–water partition coefficient (Wildman–Crippen LogP) is -2.03. The summed E-state index contributed by atoms with van der Waals surface area (Å²) in [5.74, 6) is -0.710. The topological polar surface area (TPSA) is 152 Å². The molecule has 0 aromatic heterocycles. The van der Waals surface area contributed by atoms with Crippen LogP contribution in [0.25, 0.3) is 0 Å². The number of carbonyl (C=O) groups is 1. The number of carbonyl (C=O) groups excluding carboxylic acids is 1. The molecule has 130 valence electrons. The molecule has 2 unspecified atom stereocenters. The van der Waals surface area contributed by atoms with Crippen LogP contribution in [0.2, 0.25) is 0 Å². The highest BCUT2D eigenvalue weighted by Gasteiger charge is 2.54. The fraction of sp³-hybridized carbons (Fsp3) is 0.600. The van der Waals surface area contributed by atoms with Crippen molar-refractivity contribution in [3.05, 3.63) is 0 Å². The number of aliphatic imine (C=N–C) groups is 2. The molecule has 4 rings (SSSR count). The average Bonchev–Trinajstić information content (AvgIpc) is 2.96. The molecule has 24 heavy (non-hydrogen) atoms. The Morgan fingerprint density at radius 3 is 3.08 bits per heavy atom. The van der Waals surface area contributed by atoms with Crippen LogP contribution in [0.3, 0.4) is 0 Å². The lowest BCUT2D eigenvalue weighted by molar-refractivity contribution is -0.227. The molecule has 6 atom stereocenters. The molecule has 0 saturated carbocycles. The summed E-state index contributed by atoms with van der Waals surface area (Å²) in [6.07, 6.45) is -3.88. The third-order valence-electron chi connectivity index (χ3n) is 3.85. The summed E-state index contributed by atoms with van der Waals surface area (Å²) in [5, 5.41) is 20.3. The van der Waals surface area contributed by atoms with Crippen LogP contribution in [0.15, 0.2) is 9.98 Å². The van der Waals surface area contributed by atoms with Crippen molar-refractivity contribution in [3.8, 4) is 0 Å². The van der Waals surface area contributed by atoms with Gasteiger partial charge in [-0.1, -0.05) is 11.8 Å². The van der Waals surface area contributed by atoms with Gasteiger partial charge in [0.25, 0.3) is 5.91 Å². The van der Waals surface area contributed by atoms with Crippen molar-refractivity contribution in [2.75, 3.05) is 6.61 Å². The van der Waals surface area contributed by atoms with E-state index in [2.05, 4.69) is 43.0 Å². The zero-order valence-corrected chi connectivity index (χ0v) is 15.0. The van der Waals surface area contributed by atoms with Crippen LogP contribution in [0.5, 0.6) is 0 Å². The van der Waals surface area contributed by atoms with Crippen LogP contribution < -0.4 is 10.2 Å². The number of aliphatic hydroxyl groups is 1. The molecule has 0 aromatic rings. The number of nitrogens with zero attached hydrogens (tertiary/aromatic N) is 3. The maximum atomic E-state index is 11.9. The highest BCUT2D eigenvalue weighted by Crippen LogP contribution is 2.48. The van der Waals surface area contributed by atoms with Gasteiger partial charge >= 0.3 is 0 Å². The molecule has 4 aliphatic heterocycles. The van der Waals surface area contributed by atoms with Crippen LogP contribution >= 0.6 is 22.6 Å². The number of amidine groups is 2. The molecule has 3 N–H and O–H groups in total. The summed E-state index contributed by atoms with van der Waals surface area (Å²) < 4.78 is 16.0. The molecule has 0 spiro atoms. The van der Waals surface area contributed by atoms with Crippen molar-refractivity contribution >= 4 is 56.9 Å². The Balaban J connectivity index is 1.65. The molecule has 2 fully saturated rings. The van der Waals surface area contributed by atoms with E-state index in [-0.39, 0.29) is 23.1 Å². The van der Waals surface area contributed by atoms with Crippen LogP contribution in [0, 0.1) is 5.41 Å². The number of nitrogens with one attached hydrogen (secondary N) is 2. The summed E-state index contributed by atoms with van der Waals surface area (Å²) >= 11 is 7.89. The Labute approximate surface area is 148 Å². The number of halogens is 1. The lowest BCUT2D eigenvalue weighted by Gasteiger charge is -2.38. The van der Waals surface area contributed by atoms with Crippen molar-refractivity contribution in [1.82, 2.24) is 10.2 Å². The fourth-order valence-electron chi connectivity index (χ4n) is 2.85. The molecular formula is C10H10BrN5O6PS-. The van der Waals surface area contributed by atoms with Crippen LogP contribution in [-0.4, -0.2) is 69.6 Å². The Hall–Kier alpha value is -0.790. The first-order valence-corrected chi connectivity index (χ1v) is 10.1. The van der Waals surface area contributed by atoms with E-state index in [1.807, 2.05) is 0 Å². The van der Waals surface area contributed by atoms with Gasteiger partial charge in [-0.25, -0.2) is 4.99 Å². The van der Waals surface area contributed by atoms with E-state index in [4.69, 9.17) is 19.2 Å². The van der Waals surface area contributed by atoms with Crippen LogP contribution in [-0.2, 0) is 30.4 Å². The minimum absolute atomic E-state index is 0.0895. The minimum Gasteiger partial charge on any atom is -0.780 e. The average molecular weight is 439 g/mol. The van der Waals surface area contributed by atoms with Crippen molar-refractivity contribution in [2.45, 2.75) is 30.6 Å². The minimum atomic E-state index is -3.66. The maximum Gasteiger partial charge on any atom is 0.259 e. The Bertz CT molecular complexity index is 747. The van der Waals surface area contributed by atoms with Crippen molar-refractivity contribution in [1.29, 1.82) is 5.41 Å². The zero-order valence-electron chi connectivity index (χ0n) is 11.7. The number of ether oxygens (including phenoxy) is 1. The molecule has 0 bridgehead atoms. The largest absolute Gasteiger partial charge is 0.780 e. The Morgan fingerprint density at radius 2 is 2.33 bits per heavy atom. The van der Waals surface area contributed by atoms with Gasteiger partial charge < -0.3 is 23.8 Å². The second-order valence-electron chi connectivity index (χ2n) is 5.35. The van der Waals surface area contributed by atoms with Gasteiger partial charge in [-0.05, 0) is 15.9 Å². The molecule has 1 amide bonds. The van der Waals surface area contributed by atoms with Crippen LogP contribution in [0.4, 0.5) is 0 Å². The molecule has 11 nitrogen and oxygen atoms in total. The number of rotatable bonds is 1. The lowest BCUT2D eigenvalue weighted by atomic mass is 10.1. The van der Waals surface area contributed by atoms with Gasteiger partial charge in [0.1, 0.15) is 25.0 Å². The van der Waals surface area contributed by atoms with Gasteiger partial charge in [0.15, 0.2) is 22.9 Å². The number of hydrogen-bond acceptors (Lipinski definition) is 10. The van der Waals surface area contributed by atoms with Gasteiger partial charge in [-0.2, -0.15) is 4.99 Å². The molecule has 0 aromatic carbocycles. The van der Waals surface area contributed by atoms with E-state index in [0.29, 0.717) is 0 Å². The highest BCUT2D eigenvalue weighted by atomic mass is 79.9. The van der Waals surface area contributed by atoms with E-state index in [9.17, 15) is 14.8 Å². The Kier molecular flexibility index (Phi) is 3.89. The normalized spacial score (nSPS) is 44.6. The van der Waals surface area contributed by atoms with Crippen LogP contribution in [0.1, 0.15) is 0 Å². The molecule has 0 aliphatic carbocycles. The molecule has 4 heterocycles. The zero-order chi connectivity index (χ0) is 17.2. The summed E-state index contributed by atoms with van der Waals surface area (Å²) in [5.41, 5.74) is 0. The molecule has 2 saturated heterocycles. The molecule has 14 heteroatoms. The summed E-state index contributed by atoms with van der Waals surface area (Å²) in [6, 6.07) is -0.950. The summed E-state index contributed by atoms with van der Waals surface area (Å²) in [6.45, 7) is -3.75. The number of amides is 1. The number of hydrogen-bond donors (Lipinski definition) is 3. The quantitative estimate of drug-likeness (QED) is 0.313. The first-order chi connectivity index (χ1) is 11.3. The van der Waals surface area contributed by atoms with Gasteiger partial charge in [0.2, 0.25) is 5.96 Å². The van der Waals surface area contributed by atoms with E-state index >= 15 is 0 Å². The lowest BCUT2D eigenvalue weighted by Crippen LogP contribution is -2.54. The van der Waals surface area contributed by atoms with E-state index in [1.165, 1.54) is 4.90 Å². The summed E-state index contributed by atoms with van der Waals surface area (Å²) in [4.78, 5) is 33.1. The smallest absolute Gasteiger partial charge is 0.259 e. The van der Waals surface area contributed by atoms with Gasteiger partial charge in [-0.3, -0.25) is 20.4 Å². The second kappa shape index (κ2) is 5.61. The Morgan fingerprint density at radius 1 is 1.58 bits per heavy atom. The van der Waals surface area contributed by atoms with Crippen molar-refractivity contribution < 1.29 is 28.6 Å². The maximum absolute atomic E-state index is 11.9. The second-order valence-corrected chi connectivity index (χ2v) is 8.76. The van der Waals surface area contributed by atoms with Gasteiger partial charge in [0.05, 0.1) is 6.61 Å². The number of guanidine groups is 1. The van der Waals surface area contributed by atoms with E-state index < -0.39 is 43.2 Å². The fourth-order valence-corrected chi connectivity index (χ4v) is 4.87. The first-order valence-electron chi connectivity index (χ1n) is 6.75. The predicted molar refractivity (Wildman–Crippen MR) is 85.1 cm³/mol. The highest BCUT2D eigenvalue weighted by molar-refractivity contribution is 9.18. The van der Waals surface area contributed by atoms with Crippen molar-refractivity contribution in [2.24, 2.45) is 9.98 Å². The third kappa shape index (κ3) is 2.56. The first kappa shape index (κ1) is 16.7. The molecular weight excluding hydrogens is 429 g/mol. The SMILES string of the molecule is N=C1N=C2C(N=C(Br)N2[C@@H]2O[C@@H]3COP([O-])(=S)O[C@H]3[C@H]2O)C(=O)N1. The monoisotopic (exact) mass is 438 g/mol. The van der Waals surface area contributed by atoms with E-state index in [0.717, 1.165) is 0 Å².